The Hall–Kier alpha value is -0.300. The molecule has 0 saturated heterocycles. The minimum atomic E-state index is -3.46. The van der Waals surface area contributed by atoms with Gasteiger partial charge in [0, 0.05) is 0 Å². The van der Waals surface area contributed by atoms with Crippen molar-refractivity contribution in [3.63, 3.8) is 0 Å². The zero-order valence-electron chi connectivity index (χ0n) is 13.9. The van der Waals surface area contributed by atoms with Crippen molar-refractivity contribution >= 4 is 0 Å². The van der Waals surface area contributed by atoms with Crippen LogP contribution in [0.25, 0.3) is 0 Å². The molecule has 140 valence electrons. The number of alkyl halides is 2. The van der Waals surface area contributed by atoms with Crippen molar-refractivity contribution in [3.8, 4) is 0 Å². The Morgan fingerprint density at radius 3 is 1.09 bits per heavy atom. The lowest BCUT2D eigenvalue weighted by atomic mass is 10.5. The van der Waals surface area contributed by atoms with E-state index in [-0.39, 0.29) is 27.1 Å². The zero-order chi connectivity index (χ0) is 16.3. The van der Waals surface area contributed by atoms with Crippen LogP contribution in [0, 0.1) is 0 Å². The summed E-state index contributed by atoms with van der Waals surface area (Å²) in [4.78, 5) is 0. The average molecular weight is 332 g/mol. The summed E-state index contributed by atoms with van der Waals surface area (Å²) in [5.41, 5.74) is 0. The van der Waals surface area contributed by atoms with E-state index in [4.69, 9.17) is 9.47 Å². The monoisotopic (exact) mass is 332 g/mol. The maximum absolute atomic E-state index is 12.5. The van der Waals surface area contributed by atoms with E-state index in [2.05, 4.69) is 9.47 Å². The fourth-order valence-electron chi connectivity index (χ4n) is 0.888. The lowest BCUT2D eigenvalue weighted by Gasteiger charge is -2.20. The predicted molar refractivity (Wildman–Crippen MR) is 88.2 cm³/mol. The molecule has 0 N–H and O–H groups in total. The van der Waals surface area contributed by atoms with Crippen LogP contribution in [0.2, 0.25) is 0 Å². The number of hydrogen-bond donors (Lipinski definition) is 0. The molecule has 6 heteroatoms. The van der Waals surface area contributed by atoms with Crippen molar-refractivity contribution in [2.24, 2.45) is 0 Å². The van der Waals surface area contributed by atoms with Gasteiger partial charge in [-0.1, -0.05) is 14.9 Å². The molecule has 4 nitrogen and oxygen atoms in total. The molecule has 0 heterocycles. The van der Waals surface area contributed by atoms with E-state index in [1.165, 1.54) is 27.7 Å². The smallest absolute Gasteiger partial charge is 0.353 e. The van der Waals surface area contributed by atoms with Crippen LogP contribution in [0.1, 0.15) is 70.2 Å². The number of rotatable bonds is 8. The fourth-order valence-corrected chi connectivity index (χ4v) is 0.888. The van der Waals surface area contributed by atoms with E-state index in [0.717, 1.165) is 0 Å². The van der Waals surface area contributed by atoms with Gasteiger partial charge in [0.15, 0.2) is 0 Å². The molecule has 0 radical (unpaired) electrons. The molecule has 0 aromatic heterocycles. The summed E-state index contributed by atoms with van der Waals surface area (Å²) in [5, 5.41) is 0. The summed E-state index contributed by atoms with van der Waals surface area (Å²) in [5.74, 6) is 0. The molecule has 22 heavy (non-hydrogen) atoms. The SMILES string of the molecule is C.C.CC(C)OC(F)(F)OC(C)C.CC(C)OCOC(C)C. The van der Waals surface area contributed by atoms with Crippen LogP contribution < -0.4 is 0 Å². The van der Waals surface area contributed by atoms with E-state index < -0.39 is 18.5 Å². The van der Waals surface area contributed by atoms with Gasteiger partial charge in [0.1, 0.15) is 6.79 Å². The molecule has 0 spiro atoms. The lowest BCUT2D eigenvalue weighted by molar-refractivity contribution is -0.412. The van der Waals surface area contributed by atoms with Crippen LogP contribution in [0.5, 0.6) is 0 Å². The molecule has 0 aromatic carbocycles. The van der Waals surface area contributed by atoms with Crippen molar-refractivity contribution in [3.05, 3.63) is 0 Å². The first kappa shape index (κ1) is 29.7. The van der Waals surface area contributed by atoms with Crippen LogP contribution in [0.4, 0.5) is 8.78 Å². The minimum absolute atomic E-state index is 0. The third-order valence-corrected chi connectivity index (χ3v) is 1.55. The third kappa shape index (κ3) is 27.9. The molecule has 0 aliphatic carbocycles. The molecule has 0 aliphatic rings. The topological polar surface area (TPSA) is 36.9 Å². The summed E-state index contributed by atoms with van der Waals surface area (Å²) in [6.07, 6.45) is -4.00. The molecule has 0 unspecified atom stereocenters. The minimum Gasteiger partial charge on any atom is -0.353 e. The maximum atomic E-state index is 12.5. The predicted octanol–water partition coefficient (Wildman–Crippen LogP) is 5.45. The number of hydrogen-bond acceptors (Lipinski definition) is 4. The molecule has 0 amide bonds. The molecular weight excluding hydrogens is 294 g/mol. The first-order valence-electron chi connectivity index (χ1n) is 6.93. The van der Waals surface area contributed by atoms with Gasteiger partial charge in [-0.15, -0.1) is 8.78 Å². The van der Waals surface area contributed by atoms with Crippen molar-refractivity contribution < 1.29 is 27.7 Å². The number of ether oxygens (including phenoxy) is 4. The summed E-state index contributed by atoms with van der Waals surface area (Å²) in [6.45, 7) is 14.5. The van der Waals surface area contributed by atoms with E-state index in [1.807, 2.05) is 27.7 Å². The standard InChI is InChI=1S/C7H14F2O2.C7H16O2.2CH4/c1-5(2)10-7(8,9)11-6(3)4;1-6(2)8-5-9-7(3)4;;/h5-6H,1-4H3;6-7H,5H2,1-4H3;2*1H4. The highest BCUT2D eigenvalue weighted by molar-refractivity contribution is 4.44. The van der Waals surface area contributed by atoms with Crippen molar-refractivity contribution in [2.45, 2.75) is 101 Å². The highest BCUT2D eigenvalue weighted by Crippen LogP contribution is 2.20. The highest BCUT2D eigenvalue weighted by atomic mass is 19.3. The Bertz CT molecular complexity index is 200. The van der Waals surface area contributed by atoms with Crippen LogP contribution in [0.15, 0.2) is 0 Å². The lowest BCUT2D eigenvalue weighted by Crippen LogP contribution is -2.31. The van der Waals surface area contributed by atoms with Gasteiger partial charge >= 0.3 is 6.29 Å². The second-order valence-electron chi connectivity index (χ2n) is 5.35. The maximum Gasteiger partial charge on any atom is 0.485 e. The Morgan fingerprint density at radius 2 is 0.909 bits per heavy atom. The largest absolute Gasteiger partial charge is 0.485 e. The van der Waals surface area contributed by atoms with Crippen molar-refractivity contribution in [2.75, 3.05) is 6.79 Å². The molecule has 0 saturated carbocycles. The normalized spacial score (nSPS) is 11.2. The molecule has 0 bridgehead atoms. The molecule has 0 fully saturated rings. The van der Waals surface area contributed by atoms with Gasteiger partial charge in [0.2, 0.25) is 0 Å². The molecule has 0 aliphatic heterocycles. The van der Waals surface area contributed by atoms with Gasteiger partial charge in [-0.2, -0.15) is 0 Å². The third-order valence-electron chi connectivity index (χ3n) is 1.55. The highest BCUT2D eigenvalue weighted by Gasteiger charge is 2.34. The van der Waals surface area contributed by atoms with Gasteiger partial charge < -0.3 is 9.47 Å². The van der Waals surface area contributed by atoms with Gasteiger partial charge in [-0.05, 0) is 55.4 Å². The van der Waals surface area contributed by atoms with Gasteiger partial charge in [0.25, 0.3) is 0 Å². The Morgan fingerprint density at radius 1 is 0.636 bits per heavy atom. The van der Waals surface area contributed by atoms with Crippen LogP contribution in [0.3, 0.4) is 0 Å². The zero-order valence-corrected chi connectivity index (χ0v) is 13.9. The average Bonchev–Trinajstić information content (AvgIpc) is 2.11. The summed E-state index contributed by atoms with van der Waals surface area (Å²) in [7, 11) is 0. The quantitative estimate of drug-likeness (QED) is 0.554. The second-order valence-corrected chi connectivity index (χ2v) is 5.35. The van der Waals surface area contributed by atoms with Crippen molar-refractivity contribution in [1.82, 2.24) is 0 Å². The van der Waals surface area contributed by atoms with Crippen LogP contribution in [-0.2, 0) is 18.9 Å². The fraction of sp³-hybridized carbons (Fsp3) is 1.00. The van der Waals surface area contributed by atoms with E-state index in [1.54, 1.807) is 0 Å². The Kier molecular flexibility index (Phi) is 21.0. The Balaban J connectivity index is -0.000000137. The van der Waals surface area contributed by atoms with Crippen molar-refractivity contribution in [1.29, 1.82) is 0 Å². The van der Waals surface area contributed by atoms with E-state index >= 15 is 0 Å². The van der Waals surface area contributed by atoms with Gasteiger partial charge in [0.05, 0.1) is 24.4 Å². The molecular formula is C16H38F2O4. The summed E-state index contributed by atoms with van der Waals surface area (Å²) < 4.78 is 43.6. The second kappa shape index (κ2) is 15.6. The Labute approximate surface area is 136 Å². The summed E-state index contributed by atoms with van der Waals surface area (Å²) >= 11 is 0. The van der Waals surface area contributed by atoms with Gasteiger partial charge in [-0.3, -0.25) is 9.47 Å². The first-order chi connectivity index (χ1) is 8.96. The summed E-state index contributed by atoms with van der Waals surface area (Å²) in [6, 6.07) is 0. The number of halogens is 2. The first-order valence-corrected chi connectivity index (χ1v) is 6.93. The van der Waals surface area contributed by atoms with Gasteiger partial charge in [-0.25, -0.2) is 0 Å². The van der Waals surface area contributed by atoms with Crippen LogP contribution >= 0.6 is 0 Å². The van der Waals surface area contributed by atoms with E-state index in [9.17, 15) is 8.78 Å². The molecule has 0 atom stereocenters. The van der Waals surface area contributed by atoms with E-state index in [0.29, 0.717) is 6.79 Å². The molecule has 0 aromatic rings. The van der Waals surface area contributed by atoms with Crippen LogP contribution in [-0.4, -0.2) is 37.5 Å². The molecule has 0 rings (SSSR count).